The number of para-hydroxylation sites is 1. The summed E-state index contributed by atoms with van der Waals surface area (Å²) in [6.45, 7) is 0. The van der Waals surface area contributed by atoms with Crippen LogP contribution in [0, 0.1) is 5.92 Å². The fraction of sp³-hybridized carbons (Fsp3) is 0.0909. The minimum absolute atomic E-state index is 0.0978. The zero-order valence-electron chi connectivity index (χ0n) is 14.0. The van der Waals surface area contributed by atoms with Gasteiger partial charge in [-0.3, -0.25) is 9.79 Å². The van der Waals surface area contributed by atoms with E-state index in [1.165, 1.54) is 0 Å². The van der Waals surface area contributed by atoms with E-state index in [1.807, 2.05) is 60.7 Å². The highest BCUT2D eigenvalue weighted by Gasteiger charge is 2.44. The Morgan fingerprint density at radius 2 is 1.63 bits per heavy atom. The van der Waals surface area contributed by atoms with E-state index in [0.29, 0.717) is 10.0 Å². The molecule has 3 aromatic carbocycles. The van der Waals surface area contributed by atoms with Crippen LogP contribution in [0.2, 0.25) is 10.0 Å². The first-order valence-corrected chi connectivity index (χ1v) is 10.2. The molecule has 1 heterocycles. The molecule has 2 nitrogen and oxygen atoms in total. The second-order valence-electron chi connectivity index (χ2n) is 6.56. The van der Waals surface area contributed by atoms with Crippen molar-refractivity contribution in [1.82, 2.24) is 0 Å². The number of rotatable bonds is 1. The molecule has 2 aliphatic rings. The maximum atomic E-state index is 13.3. The molecule has 27 heavy (non-hydrogen) atoms. The van der Waals surface area contributed by atoms with Crippen LogP contribution >= 0.6 is 35.0 Å². The van der Waals surface area contributed by atoms with Gasteiger partial charge in [-0.2, -0.15) is 0 Å². The number of carbonyl (C=O) groups is 1. The molecule has 0 amide bonds. The summed E-state index contributed by atoms with van der Waals surface area (Å²) in [5.41, 5.74) is 4.27. The van der Waals surface area contributed by atoms with Crippen LogP contribution in [0.1, 0.15) is 26.7 Å². The van der Waals surface area contributed by atoms with Crippen LogP contribution in [0.25, 0.3) is 0 Å². The SMILES string of the molecule is O=C1c2ccccc2C2=Nc3ccccc3S[C@@H](c3ccc(Cl)cc3Cl)[C@H]12. The van der Waals surface area contributed by atoms with E-state index >= 15 is 0 Å². The van der Waals surface area contributed by atoms with Gasteiger partial charge in [0.2, 0.25) is 0 Å². The van der Waals surface area contributed by atoms with Crippen molar-refractivity contribution in [3.05, 3.63) is 93.5 Å². The number of thioether (sulfide) groups is 1. The van der Waals surface area contributed by atoms with Crippen molar-refractivity contribution in [2.24, 2.45) is 10.9 Å². The van der Waals surface area contributed by atoms with E-state index in [0.717, 1.165) is 33.0 Å². The Labute approximate surface area is 171 Å². The molecule has 0 unspecified atom stereocenters. The number of benzene rings is 3. The Kier molecular flexibility index (Phi) is 4.12. The van der Waals surface area contributed by atoms with Crippen LogP contribution in [-0.2, 0) is 0 Å². The number of aliphatic imine (C=N–C) groups is 1. The molecule has 0 saturated heterocycles. The summed E-state index contributed by atoms with van der Waals surface area (Å²) in [7, 11) is 0. The van der Waals surface area contributed by atoms with Crippen molar-refractivity contribution in [3.63, 3.8) is 0 Å². The first-order chi connectivity index (χ1) is 13.1. The highest BCUT2D eigenvalue weighted by atomic mass is 35.5. The third-order valence-electron chi connectivity index (χ3n) is 4.98. The van der Waals surface area contributed by atoms with Crippen molar-refractivity contribution < 1.29 is 4.79 Å². The standard InChI is InChI=1S/C22H13Cl2NOS/c23-12-9-10-15(16(24)11-12)22-19-20(13-5-1-2-6-14(13)21(19)26)25-17-7-3-4-8-18(17)27-22/h1-11,19,22H/t19-,22-/m0/s1. The molecule has 0 spiro atoms. The molecule has 0 aromatic heterocycles. The van der Waals surface area contributed by atoms with E-state index in [-0.39, 0.29) is 17.0 Å². The summed E-state index contributed by atoms with van der Waals surface area (Å²) in [5.74, 6) is -0.279. The molecule has 1 aliphatic carbocycles. The Hall–Kier alpha value is -2.07. The average molecular weight is 410 g/mol. The summed E-state index contributed by atoms with van der Waals surface area (Å²) < 4.78 is 0. The second kappa shape index (κ2) is 6.52. The quantitative estimate of drug-likeness (QED) is 0.443. The molecule has 5 heteroatoms. The predicted octanol–water partition coefficient (Wildman–Crippen LogP) is 6.77. The zero-order chi connectivity index (χ0) is 18.5. The molecule has 5 rings (SSSR count). The summed E-state index contributed by atoms with van der Waals surface area (Å²) in [4.78, 5) is 19.3. The zero-order valence-corrected chi connectivity index (χ0v) is 16.4. The molecule has 0 saturated carbocycles. The number of nitrogens with zero attached hydrogens (tertiary/aromatic N) is 1. The summed E-state index contributed by atoms with van der Waals surface area (Å²) >= 11 is 14.3. The number of hydrogen-bond donors (Lipinski definition) is 0. The second-order valence-corrected chi connectivity index (χ2v) is 8.58. The van der Waals surface area contributed by atoms with Crippen LogP contribution < -0.4 is 0 Å². The van der Waals surface area contributed by atoms with Gasteiger partial charge in [0, 0.05) is 26.1 Å². The Morgan fingerprint density at radius 3 is 2.44 bits per heavy atom. The fourth-order valence-electron chi connectivity index (χ4n) is 3.75. The lowest BCUT2D eigenvalue weighted by Crippen LogP contribution is -2.22. The van der Waals surface area contributed by atoms with Crippen LogP contribution in [0.5, 0.6) is 0 Å². The van der Waals surface area contributed by atoms with Crippen molar-refractivity contribution in [2.45, 2.75) is 10.1 Å². The van der Waals surface area contributed by atoms with Crippen LogP contribution in [0.3, 0.4) is 0 Å². The van der Waals surface area contributed by atoms with Gasteiger partial charge in [0.15, 0.2) is 5.78 Å². The highest BCUT2D eigenvalue weighted by molar-refractivity contribution is 7.99. The van der Waals surface area contributed by atoms with Crippen molar-refractivity contribution in [3.8, 4) is 0 Å². The molecule has 3 aromatic rings. The third kappa shape index (κ3) is 2.73. The van der Waals surface area contributed by atoms with Gasteiger partial charge in [0.25, 0.3) is 0 Å². The number of Topliss-reactive ketones (excluding diaryl/α,β-unsaturated/α-hetero) is 1. The number of fused-ring (bicyclic) bond motifs is 4. The van der Waals surface area contributed by atoms with Gasteiger partial charge < -0.3 is 0 Å². The number of ketones is 1. The van der Waals surface area contributed by atoms with E-state index in [9.17, 15) is 4.79 Å². The van der Waals surface area contributed by atoms with E-state index in [1.54, 1.807) is 17.8 Å². The predicted molar refractivity (Wildman–Crippen MR) is 112 cm³/mol. The lowest BCUT2D eigenvalue weighted by molar-refractivity contribution is 0.0960. The van der Waals surface area contributed by atoms with Gasteiger partial charge in [-0.1, -0.05) is 65.7 Å². The Bertz CT molecular complexity index is 1120. The van der Waals surface area contributed by atoms with Crippen LogP contribution in [0.4, 0.5) is 5.69 Å². The van der Waals surface area contributed by atoms with E-state index < -0.39 is 0 Å². The Balaban J connectivity index is 1.76. The van der Waals surface area contributed by atoms with E-state index in [4.69, 9.17) is 28.2 Å². The topological polar surface area (TPSA) is 29.4 Å². The molecule has 0 N–H and O–H groups in total. The molecule has 2 atom stereocenters. The summed E-state index contributed by atoms with van der Waals surface area (Å²) in [5, 5.41) is 0.984. The number of halogens is 2. The monoisotopic (exact) mass is 409 g/mol. The molecular weight excluding hydrogens is 397 g/mol. The largest absolute Gasteiger partial charge is 0.293 e. The first-order valence-electron chi connectivity index (χ1n) is 8.56. The smallest absolute Gasteiger partial charge is 0.174 e. The van der Waals surface area contributed by atoms with Crippen molar-refractivity contribution in [1.29, 1.82) is 0 Å². The average Bonchev–Trinajstić information content (AvgIpc) is 2.84. The minimum atomic E-state index is -0.376. The highest BCUT2D eigenvalue weighted by Crippen LogP contribution is 2.52. The van der Waals surface area contributed by atoms with Gasteiger partial charge >= 0.3 is 0 Å². The maximum absolute atomic E-state index is 13.3. The molecular formula is C22H13Cl2NOS. The molecule has 0 bridgehead atoms. The third-order valence-corrected chi connectivity index (χ3v) is 6.92. The van der Waals surface area contributed by atoms with E-state index in [2.05, 4.69) is 0 Å². The first kappa shape index (κ1) is 17.1. The van der Waals surface area contributed by atoms with Gasteiger partial charge in [0.1, 0.15) is 0 Å². The summed E-state index contributed by atoms with van der Waals surface area (Å²) in [6, 6.07) is 21.2. The van der Waals surface area contributed by atoms with Gasteiger partial charge in [-0.25, -0.2) is 0 Å². The Morgan fingerprint density at radius 1 is 0.889 bits per heavy atom. The van der Waals surface area contributed by atoms with Crippen LogP contribution in [-0.4, -0.2) is 11.5 Å². The molecule has 0 fully saturated rings. The van der Waals surface area contributed by atoms with Crippen molar-refractivity contribution in [2.75, 3.05) is 0 Å². The normalized spacial score (nSPS) is 20.4. The molecule has 1 aliphatic heterocycles. The maximum Gasteiger partial charge on any atom is 0.174 e. The number of carbonyl (C=O) groups excluding carboxylic acids is 1. The lowest BCUT2D eigenvalue weighted by Gasteiger charge is -2.22. The fourth-order valence-corrected chi connectivity index (χ4v) is 5.73. The summed E-state index contributed by atoms with van der Waals surface area (Å²) in [6.07, 6.45) is 0. The van der Waals surface area contributed by atoms with Gasteiger partial charge in [0.05, 0.1) is 22.6 Å². The number of hydrogen-bond acceptors (Lipinski definition) is 3. The van der Waals surface area contributed by atoms with Gasteiger partial charge in [-0.05, 0) is 29.8 Å². The van der Waals surface area contributed by atoms with Gasteiger partial charge in [-0.15, -0.1) is 11.8 Å². The van der Waals surface area contributed by atoms with Crippen molar-refractivity contribution >= 4 is 52.1 Å². The lowest BCUT2D eigenvalue weighted by atomic mass is 9.93. The molecule has 132 valence electrons. The van der Waals surface area contributed by atoms with Crippen LogP contribution in [0.15, 0.2) is 76.6 Å². The minimum Gasteiger partial charge on any atom is -0.293 e. The molecule has 0 radical (unpaired) electrons.